The SMILES string of the molecule is Cc1noc(C)c1CN1CCc2c(C(=O)N3CC[C@@H](N(C)C)C3)csc2C1. The molecule has 6 nitrogen and oxygen atoms in total. The second kappa shape index (κ2) is 7.37. The summed E-state index contributed by atoms with van der Waals surface area (Å²) >= 11 is 1.73. The Kier molecular flexibility index (Phi) is 5.09. The number of fused-ring (bicyclic) bond motifs is 1. The van der Waals surface area contributed by atoms with E-state index in [-0.39, 0.29) is 5.91 Å². The van der Waals surface area contributed by atoms with Crippen LogP contribution in [0.5, 0.6) is 0 Å². The van der Waals surface area contributed by atoms with Crippen LogP contribution in [-0.2, 0) is 19.5 Å². The normalized spacial score (nSPS) is 20.5. The van der Waals surface area contributed by atoms with Gasteiger partial charge in [0.25, 0.3) is 5.91 Å². The van der Waals surface area contributed by atoms with Gasteiger partial charge in [-0.15, -0.1) is 11.3 Å². The van der Waals surface area contributed by atoms with Gasteiger partial charge in [0.2, 0.25) is 0 Å². The molecule has 0 N–H and O–H groups in total. The van der Waals surface area contributed by atoms with E-state index in [0.29, 0.717) is 6.04 Å². The first-order chi connectivity index (χ1) is 12.9. The van der Waals surface area contributed by atoms with Gasteiger partial charge in [0.05, 0.1) is 11.3 Å². The molecule has 27 heavy (non-hydrogen) atoms. The lowest BCUT2D eigenvalue weighted by Crippen LogP contribution is -2.35. The summed E-state index contributed by atoms with van der Waals surface area (Å²) < 4.78 is 5.30. The minimum absolute atomic E-state index is 0.219. The topological polar surface area (TPSA) is 52.8 Å². The zero-order chi connectivity index (χ0) is 19.1. The number of aromatic nitrogens is 1. The second-order valence-electron chi connectivity index (χ2n) is 7.97. The van der Waals surface area contributed by atoms with Gasteiger partial charge in [0.1, 0.15) is 5.76 Å². The molecule has 0 bridgehead atoms. The first kappa shape index (κ1) is 18.7. The van der Waals surface area contributed by atoms with Crippen molar-refractivity contribution in [3.05, 3.63) is 38.4 Å². The predicted octanol–water partition coefficient (Wildman–Crippen LogP) is 2.69. The lowest BCUT2D eigenvalue weighted by Gasteiger charge is -2.27. The van der Waals surface area contributed by atoms with E-state index in [1.807, 2.05) is 18.7 Å². The van der Waals surface area contributed by atoms with Crippen LogP contribution in [0.25, 0.3) is 0 Å². The van der Waals surface area contributed by atoms with E-state index in [4.69, 9.17) is 4.52 Å². The third kappa shape index (κ3) is 3.56. The molecule has 1 atom stereocenters. The Bertz CT molecular complexity index is 822. The molecule has 7 heteroatoms. The molecular formula is C20H28N4O2S. The molecule has 0 aliphatic carbocycles. The maximum Gasteiger partial charge on any atom is 0.255 e. The number of amides is 1. The molecule has 2 aliphatic rings. The van der Waals surface area contributed by atoms with Gasteiger partial charge in [-0.25, -0.2) is 0 Å². The minimum Gasteiger partial charge on any atom is -0.361 e. The number of hydrogen-bond donors (Lipinski definition) is 0. The number of thiophene rings is 1. The molecule has 0 spiro atoms. The van der Waals surface area contributed by atoms with Gasteiger partial charge in [-0.1, -0.05) is 5.16 Å². The van der Waals surface area contributed by atoms with E-state index in [1.54, 1.807) is 11.3 Å². The number of carbonyl (C=O) groups excluding carboxylic acids is 1. The van der Waals surface area contributed by atoms with Crippen LogP contribution in [0.15, 0.2) is 9.90 Å². The van der Waals surface area contributed by atoms with Crippen LogP contribution in [-0.4, -0.2) is 65.5 Å². The standard InChI is InChI=1S/C20H28N4O2S/c1-13-17(14(2)26-21-13)10-23-7-6-16-18(12-27-19(16)11-23)20(25)24-8-5-15(9-24)22(3)4/h12,15H,5-11H2,1-4H3/t15-/m1/s1. The van der Waals surface area contributed by atoms with Crippen LogP contribution in [0.4, 0.5) is 0 Å². The van der Waals surface area contributed by atoms with Crippen molar-refractivity contribution >= 4 is 17.2 Å². The van der Waals surface area contributed by atoms with Crippen molar-refractivity contribution in [3.8, 4) is 0 Å². The Hall–Kier alpha value is -1.70. The van der Waals surface area contributed by atoms with Gasteiger partial charge in [-0.3, -0.25) is 9.69 Å². The van der Waals surface area contributed by atoms with Crippen molar-refractivity contribution < 1.29 is 9.32 Å². The van der Waals surface area contributed by atoms with E-state index in [0.717, 1.165) is 62.6 Å². The van der Waals surface area contributed by atoms with Crippen LogP contribution >= 0.6 is 11.3 Å². The van der Waals surface area contributed by atoms with Gasteiger partial charge in [-0.05, 0) is 46.3 Å². The van der Waals surface area contributed by atoms with Crippen LogP contribution < -0.4 is 0 Å². The summed E-state index contributed by atoms with van der Waals surface area (Å²) in [6.07, 6.45) is 2.00. The number of nitrogens with zero attached hydrogens (tertiary/aromatic N) is 4. The van der Waals surface area contributed by atoms with Gasteiger partial charge < -0.3 is 14.3 Å². The van der Waals surface area contributed by atoms with Crippen LogP contribution in [0.2, 0.25) is 0 Å². The van der Waals surface area contributed by atoms with Crippen molar-refractivity contribution in [1.29, 1.82) is 0 Å². The molecule has 2 aliphatic heterocycles. The third-order valence-corrected chi connectivity index (χ3v) is 7.01. The Morgan fingerprint density at radius 2 is 2.19 bits per heavy atom. The van der Waals surface area contributed by atoms with Crippen molar-refractivity contribution in [1.82, 2.24) is 19.9 Å². The second-order valence-corrected chi connectivity index (χ2v) is 8.94. The van der Waals surface area contributed by atoms with E-state index in [2.05, 4.69) is 34.4 Å². The maximum absolute atomic E-state index is 13.1. The Morgan fingerprint density at radius 1 is 1.37 bits per heavy atom. The van der Waals surface area contributed by atoms with Gasteiger partial charge in [-0.2, -0.15) is 0 Å². The molecule has 146 valence electrons. The third-order valence-electron chi connectivity index (χ3n) is 6.00. The summed E-state index contributed by atoms with van der Waals surface area (Å²) in [5, 5.41) is 6.14. The fraction of sp³-hybridized carbons (Fsp3) is 0.600. The van der Waals surface area contributed by atoms with E-state index < -0.39 is 0 Å². The predicted molar refractivity (Wildman–Crippen MR) is 106 cm³/mol. The number of likely N-dealkylation sites (N-methyl/N-ethyl adjacent to an activating group) is 1. The number of rotatable bonds is 4. The zero-order valence-corrected chi connectivity index (χ0v) is 17.4. The number of hydrogen-bond acceptors (Lipinski definition) is 6. The lowest BCUT2D eigenvalue weighted by molar-refractivity contribution is 0.0781. The van der Waals surface area contributed by atoms with E-state index >= 15 is 0 Å². The summed E-state index contributed by atoms with van der Waals surface area (Å²) in [6, 6.07) is 0.481. The first-order valence-electron chi connectivity index (χ1n) is 9.63. The number of carbonyl (C=O) groups is 1. The molecule has 1 amide bonds. The van der Waals surface area contributed by atoms with Crippen molar-refractivity contribution in [3.63, 3.8) is 0 Å². The Labute approximate surface area is 164 Å². The highest BCUT2D eigenvalue weighted by atomic mass is 32.1. The molecule has 0 aromatic carbocycles. The molecule has 4 heterocycles. The fourth-order valence-corrected chi connectivity index (χ4v) is 5.28. The Balaban J connectivity index is 1.45. The molecule has 1 fully saturated rings. The highest BCUT2D eigenvalue weighted by Crippen LogP contribution is 2.31. The highest BCUT2D eigenvalue weighted by molar-refractivity contribution is 7.10. The maximum atomic E-state index is 13.1. The van der Waals surface area contributed by atoms with E-state index in [1.165, 1.54) is 16.0 Å². The largest absolute Gasteiger partial charge is 0.361 e. The monoisotopic (exact) mass is 388 g/mol. The summed E-state index contributed by atoms with van der Waals surface area (Å²) in [6.45, 7) is 8.41. The molecule has 2 aromatic heterocycles. The summed E-state index contributed by atoms with van der Waals surface area (Å²) in [5.74, 6) is 1.13. The van der Waals surface area contributed by atoms with Gasteiger partial charge >= 0.3 is 0 Å². The summed E-state index contributed by atoms with van der Waals surface area (Å²) in [4.78, 5) is 21.1. The van der Waals surface area contributed by atoms with Gasteiger partial charge in [0, 0.05) is 54.6 Å². The summed E-state index contributed by atoms with van der Waals surface area (Å²) in [5.41, 5.74) is 4.38. The molecule has 2 aromatic rings. The molecular weight excluding hydrogens is 360 g/mol. The van der Waals surface area contributed by atoms with Gasteiger partial charge in [0.15, 0.2) is 0 Å². The summed E-state index contributed by atoms with van der Waals surface area (Å²) in [7, 11) is 4.19. The minimum atomic E-state index is 0.219. The zero-order valence-electron chi connectivity index (χ0n) is 16.6. The highest BCUT2D eigenvalue weighted by Gasteiger charge is 2.31. The average molecular weight is 389 g/mol. The van der Waals surface area contributed by atoms with Crippen molar-refractivity contribution in [2.75, 3.05) is 33.7 Å². The smallest absolute Gasteiger partial charge is 0.255 e. The van der Waals surface area contributed by atoms with Crippen molar-refractivity contribution in [2.45, 2.75) is 45.8 Å². The molecule has 0 radical (unpaired) electrons. The molecule has 4 rings (SSSR count). The van der Waals surface area contributed by atoms with Crippen LogP contribution in [0.3, 0.4) is 0 Å². The quantitative estimate of drug-likeness (QED) is 0.806. The van der Waals surface area contributed by atoms with Crippen LogP contribution in [0.1, 0.15) is 44.2 Å². The number of aryl methyl sites for hydroxylation is 2. The molecule has 1 saturated heterocycles. The van der Waals surface area contributed by atoms with Crippen molar-refractivity contribution in [2.24, 2.45) is 0 Å². The Morgan fingerprint density at radius 3 is 2.85 bits per heavy atom. The number of likely N-dealkylation sites (tertiary alicyclic amines) is 1. The lowest BCUT2D eigenvalue weighted by atomic mass is 10.0. The first-order valence-corrected chi connectivity index (χ1v) is 10.5. The average Bonchev–Trinajstić information content (AvgIpc) is 3.36. The fourth-order valence-electron chi connectivity index (χ4n) is 4.17. The van der Waals surface area contributed by atoms with E-state index in [9.17, 15) is 4.79 Å². The van der Waals surface area contributed by atoms with Crippen LogP contribution in [0, 0.1) is 13.8 Å². The molecule has 0 saturated carbocycles. The molecule has 0 unspecified atom stereocenters.